The fourth-order valence-electron chi connectivity index (χ4n) is 1.24. The average molecular weight is 210 g/mol. The SMILES string of the molecule is CC(O)OC(C)(O)C(=O)c1ccccc1. The second-order valence-corrected chi connectivity index (χ2v) is 3.40. The highest BCUT2D eigenvalue weighted by atomic mass is 16.7. The van der Waals surface area contributed by atoms with Crippen LogP contribution in [0.25, 0.3) is 0 Å². The summed E-state index contributed by atoms with van der Waals surface area (Å²) in [6.45, 7) is 2.53. The van der Waals surface area contributed by atoms with Gasteiger partial charge in [0.1, 0.15) is 0 Å². The molecule has 0 saturated carbocycles. The van der Waals surface area contributed by atoms with Crippen molar-refractivity contribution in [3.05, 3.63) is 35.9 Å². The number of ether oxygens (including phenoxy) is 1. The van der Waals surface area contributed by atoms with E-state index in [0.29, 0.717) is 5.56 Å². The van der Waals surface area contributed by atoms with Crippen LogP contribution in [0.15, 0.2) is 30.3 Å². The lowest BCUT2D eigenvalue weighted by molar-refractivity contribution is -0.234. The number of carbonyl (C=O) groups is 1. The minimum Gasteiger partial charge on any atom is -0.368 e. The molecular weight excluding hydrogens is 196 g/mol. The molecule has 2 atom stereocenters. The Morgan fingerprint density at radius 3 is 2.40 bits per heavy atom. The van der Waals surface area contributed by atoms with Crippen LogP contribution in [0.5, 0.6) is 0 Å². The standard InChI is InChI=1S/C11H14O4/c1-8(12)15-11(2,14)10(13)9-6-4-3-5-7-9/h3-8,12,14H,1-2H3. The minimum atomic E-state index is -2.00. The molecule has 2 unspecified atom stereocenters. The monoisotopic (exact) mass is 210 g/mol. The molecule has 0 aromatic heterocycles. The van der Waals surface area contributed by atoms with Gasteiger partial charge < -0.3 is 14.9 Å². The van der Waals surface area contributed by atoms with Crippen molar-refractivity contribution in [2.75, 3.05) is 0 Å². The summed E-state index contributed by atoms with van der Waals surface area (Å²) in [5.74, 6) is -2.58. The third-order valence-electron chi connectivity index (χ3n) is 1.86. The highest BCUT2D eigenvalue weighted by Crippen LogP contribution is 2.15. The number of hydrogen-bond donors (Lipinski definition) is 2. The van der Waals surface area contributed by atoms with Crippen molar-refractivity contribution in [1.29, 1.82) is 0 Å². The number of benzene rings is 1. The molecule has 0 heterocycles. The Morgan fingerprint density at radius 2 is 1.93 bits per heavy atom. The van der Waals surface area contributed by atoms with E-state index < -0.39 is 17.9 Å². The van der Waals surface area contributed by atoms with Crippen LogP contribution in [0.4, 0.5) is 0 Å². The van der Waals surface area contributed by atoms with Crippen LogP contribution in [0.1, 0.15) is 24.2 Å². The van der Waals surface area contributed by atoms with Gasteiger partial charge in [-0.3, -0.25) is 4.79 Å². The molecule has 1 rings (SSSR count). The maximum absolute atomic E-state index is 11.7. The van der Waals surface area contributed by atoms with Crippen molar-refractivity contribution >= 4 is 5.78 Å². The molecule has 0 amide bonds. The summed E-state index contributed by atoms with van der Waals surface area (Å²) in [5.41, 5.74) is 0.336. The van der Waals surface area contributed by atoms with Gasteiger partial charge in [0, 0.05) is 5.56 Å². The largest absolute Gasteiger partial charge is 0.368 e. The summed E-state index contributed by atoms with van der Waals surface area (Å²) >= 11 is 0. The van der Waals surface area contributed by atoms with Gasteiger partial charge in [-0.2, -0.15) is 0 Å². The van der Waals surface area contributed by atoms with E-state index in [1.807, 2.05) is 0 Å². The van der Waals surface area contributed by atoms with E-state index in [2.05, 4.69) is 0 Å². The Labute approximate surface area is 88.1 Å². The summed E-state index contributed by atoms with van der Waals surface area (Å²) in [4.78, 5) is 11.7. The maximum atomic E-state index is 11.7. The zero-order valence-corrected chi connectivity index (χ0v) is 8.68. The fourth-order valence-corrected chi connectivity index (χ4v) is 1.24. The smallest absolute Gasteiger partial charge is 0.230 e. The van der Waals surface area contributed by atoms with Gasteiger partial charge in [0.05, 0.1) is 0 Å². The second kappa shape index (κ2) is 4.53. The van der Waals surface area contributed by atoms with Crippen LogP contribution in [-0.2, 0) is 4.74 Å². The molecule has 0 saturated heterocycles. The van der Waals surface area contributed by atoms with Crippen LogP contribution < -0.4 is 0 Å². The van der Waals surface area contributed by atoms with Crippen molar-refractivity contribution in [3.8, 4) is 0 Å². The minimum absolute atomic E-state index is 0.336. The molecule has 0 bridgehead atoms. The van der Waals surface area contributed by atoms with Gasteiger partial charge in [-0.1, -0.05) is 30.3 Å². The predicted molar refractivity (Wildman–Crippen MR) is 54.2 cm³/mol. The Bertz CT molecular complexity index is 330. The van der Waals surface area contributed by atoms with Gasteiger partial charge in [-0.15, -0.1) is 0 Å². The first-order chi connectivity index (χ1) is 6.93. The topological polar surface area (TPSA) is 66.8 Å². The van der Waals surface area contributed by atoms with E-state index in [0.717, 1.165) is 0 Å². The first-order valence-electron chi connectivity index (χ1n) is 4.61. The quantitative estimate of drug-likeness (QED) is 0.573. The zero-order valence-electron chi connectivity index (χ0n) is 8.68. The van der Waals surface area contributed by atoms with Crippen molar-refractivity contribution in [2.45, 2.75) is 25.9 Å². The summed E-state index contributed by atoms with van der Waals surface area (Å²) in [6, 6.07) is 8.28. The summed E-state index contributed by atoms with van der Waals surface area (Å²) in [5, 5.41) is 18.6. The molecule has 0 aliphatic rings. The van der Waals surface area contributed by atoms with E-state index >= 15 is 0 Å². The molecule has 15 heavy (non-hydrogen) atoms. The van der Waals surface area contributed by atoms with Gasteiger partial charge in [-0.25, -0.2) is 0 Å². The normalized spacial score (nSPS) is 16.8. The van der Waals surface area contributed by atoms with E-state index in [1.165, 1.54) is 13.8 Å². The van der Waals surface area contributed by atoms with Crippen molar-refractivity contribution in [2.24, 2.45) is 0 Å². The van der Waals surface area contributed by atoms with Crippen molar-refractivity contribution < 1.29 is 19.7 Å². The number of Topliss-reactive ketones (excluding diaryl/α,β-unsaturated/α-hetero) is 1. The van der Waals surface area contributed by atoms with Crippen molar-refractivity contribution in [1.82, 2.24) is 0 Å². The number of hydrogen-bond acceptors (Lipinski definition) is 4. The van der Waals surface area contributed by atoms with E-state index in [4.69, 9.17) is 9.84 Å². The lowest BCUT2D eigenvalue weighted by Gasteiger charge is -2.23. The maximum Gasteiger partial charge on any atom is 0.230 e. The highest BCUT2D eigenvalue weighted by Gasteiger charge is 2.33. The molecule has 1 aromatic carbocycles. The van der Waals surface area contributed by atoms with Crippen molar-refractivity contribution in [3.63, 3.8) is 0 Å². The van der Waals surface area contributed by atoms with Gasteiger partial charge >= 0.3 is 0 Å². The highest BCUT2D eigenvalue weighted by molar-refractivity contribution is 6.00. The lowest BCUT2D eigenvalue weighted by atomic mass is 10.0. The summed E-state index contributed by atoms with van der Waals surface area (Å²) in [7, 11) is 0. The molecule has 0 spiro atoms. The van der Waals surface area contributed by atoms with Crippen LogP contribution in [0.3, 0.4) is 0 Å². The van der Waals surface area contributed by atoms with Gasteiger partial charge in [-0.05, 0) is 13.8 Å². The molecule has 2 N–H and O–H groups in total. The Hall–Kier alpha value is -1.23. The number of carbonyl (C=O) groups excluding carboxylic acids is 1. The molecular formula is C11H14O4. The third kappa shape index (κ3) is 3.13. The van der Waals surface area contributed by atoms with Gasteiger partial charge in [0.25, 0.3) is 0 Å². The molecule has 0 radical (unpaired) electrons. The van der Waals surface area contributed by atoms with E-state index in [9.17, 15) is 9.90 Å². The molecule has 82 valence electrons. The number of ketones is 1. The summed E-state index contributed by atoms with van der Waals surface area (Å²) < 4.78 is 4.72. The molecule has 1 aromatic rings. The fraction of sp³-hybridized carbons (Fsp3) is 0.364. The molecule has 0 aliphatic carbocycles. The number of aliphatic hydroxyl groups is 2. The zero-order chi connectivity index (χ0) is 11.5. The molecule has 4 nitrogen and oxygen atoms in total. The Balaban J connectivity index is 2.85. The Morgan fingerprint density at radius 1 is 1.40 bits per heavy atom. The molecule has 0 fully saturated rings. The van der Waals surface area contributed by atoms with Crippen LogP contribution in [0, 0.1) is 0 Å². The third-order valence-corrected chi connectivity index (χ3v) is 1.86. The Kier molecular flexibility index (Phi) is 3.57. The predicted octanol–water partition coefficient (Wildman–Crippen LogP) is 0.933. The van der Waals surface area contributed by atoms with Crippen LogP contribution >= 0.6 is 0 Å². The lowest BCUT2D eigenvalue weighted by Crippen LogP contribution is -2.40. The van der Waals surface area contributed by atoms with Gasteiger partial charge in [0.15, 0.2) is 6.29 Å². The molecule has 0 aliphatic heterocycles. The average Bonchev–Trinajstić information content (AvgIpc) is 2.16. The second-order valence-electron chi connectivity index (χ2n) is 3.40. The van der Waals surface area contributed by atoms with E-state index in [1.54, 1.807) is 30.3 Å². The summed E-state index contributed by atoms with van der Waals surface area (Å²) in [6.07, 6.45) is -1.20. The first kappa shape index (κ1) is 11.8. The number of rotatable bonds is 4. The first-order valence-corrected chi connectivity index (χ1v) is 4.61. The number of aliphatic hydroxyl groups excluding tert-OH is 1. The van der Waals surface area contributed by atoms with E-state index in [-0.39, 0.29) is 0 Å². The van der Waals surface area contributed by atoms with Crippen LogP contribution in [0.2, 0.25) is 0 Å². The molecule has 4 heteroatoms. The van der Waals surface area contributed by atoms with Gasteiger partial charge in [0.2, 0.25) is 11.6 Å². The van der Waals surface area contributed by atoms with Crippen LogP contribution in [-0.4, -0.2) is 28.1 Å².